The van der Waals surface area contributed by atoms with Crippen molar-refractivity contribution in [3.63, 3.8) is 0 Å². The molecule has 1 aromatic heterocycles. The zero-order valence-corrected chi connectivity index (χ0v) is 18.5. The molecule has 7 heteroatoms. The van der Waals surface area contributed by atoms with E-state index in [1.54, 1.807) is 62.8 Å². The molecule has 3 aromatic rings. The van der Waals surface area contributed by atoms with Gasteiger partial charge in [-0.25, -0.2) is 4.39 Å². The molecule has 4 rings (SSSR count). The van der Waals surface area contributed by atoms with Crippen LogP contribution < -0.4 is 4.74 Å². The van der Waals surface area contributed by atoms with E-state index in [0.29, 0.717) is 28.0 Å². The maximum atomic E-state index is 13.4. The first-order valence-corrected chi connectivity index (χ1v) is 10.4. The van der Waals surface area contributed by atoms with Gasteiger partial charge in [0.25, 0.3) is 11.7 Å². The Morgan fingerprint density at radius 2 is 1.85 bits per heavy atom. The van der Waals surface area contributed by atoms with Crippen molar-refractivity contribution in [2.24, 2.45) is 0 Å². The summed E-state index contributed by atoms with van der Waals surface area (Å²) in [5.41, 5.74) is 3.16. The number of rotatable bonds is 5. The lowest BCUT2D eigenvalue weighted by Crippen LogP contribution is -2.29. The number of benzene rings is 2. The van der Waals surface area contributed by atoms with Crippen LogP contribution in [0, 0.1) is 19.7 Å². The van der Waals surface area contributed by atoms with E-state index in [-0.39, 0.29) is 17.9 Å². The molecule has 1 fully saturated rings. The predicted octanol–water partition coefficient (Wildman–Crippen LogP) is 4.47. The van der Waals surface area contributed by atoms with Gasteiger partial charge in [-0.2, -0.15) is 0 Å². The first-order chi connectivity index (χ1) is 15.8. The molecule has 2 aromatic carbocycles. The number of ketones is 1. The minimum absolute atomic E-state index is 0.0113. The smallest absolute Gasteiger partial charge is 0.295 e. The van der Waals surface area contributed by atoms with Gasteiger partial charge in [0.1, 0.15) is 17.3 Å². The number of aliphatic hydroxyl groups is 1. The summed E-state index contributed by atoms with van der Waals surface area (Å²) in [6, 6.07) is 11.8. The maximum Gasteiger partial charge on any atom is 0.295 e. The van der Waals surface area contributed by atoms with Crippen molar-refractivity contribution in [2.45, 2.75) is 26.4 Å². The molecule has 2 heterocycles. The number of methoxy groups -OCH3 is 1. The van der Waals surface area contributed by atoms with Crippen LogP contribution >= 0.6 is 0 Å². The molecule has 1 amide bonds. The molecule has 0 spiro atoms. The van der Waals surface area contributed by atoms with E-state index in [4.69, 9.17) is 4.74 Å². The highest BCUT2D eigenvalue weighted by molar-refractivity contribution is 6.46. The van der Waals surface area contributed by atoms with Gasteiger partial charge >= 0.3 is 0 Å². The molecule has 0 radical (unpaired) electrons. The van der Waals surface area contributed by atoms with Crippen molar-refractivity contribution in [1.29, 1.82) is 0 Å². The Morgan fingerprint density at radius 3 is 2.48 bits per heavy atom. The van der Waals surface area contributed by atoms with Crippen molar-refractivity contribution in [2.75, 3.05) is 7.11 Å². The quantitative estimate of drug-likeness (QED) is 0.355. The van der Waals surface area contributed by atoms with Gasteiger partial charge in [-0.3, -0.25) is 14.6 Å². The Kier molecular flexibility index (Phi) is 5.96. The molecule has 1 unspecified atom stereocenters. The average Bonchev–Trinajstić information content (AvgIpc) is 3.06. The Labute approximate surface area is 191 Å². The summed E-state index contributed by atoms with van der Waals surface area (Å²) < 4.78 is 18.7. The minimum Gasteiger partial charge on any atom is -0.507 e. The monoisotopic (exact) mass is 446 g/mol. The van der Waals surface area contributed by atoms with Crippen LogP contribution in [0.5, 0.6) is 5.75 Å². The number of aliphatic hydroxyl groups excluding tert-OH is 1. The fourth-order valence-corrected chi connectivity index (χ4v) is 4.12. The maximum absolute atomic E-state index is 13.4. The summed E-state index contributed by atoms with van der Waals surface area (Å²) in [5, 5.41) is 11.3. The average molecular weight is 446 g/mol. The van der Waals surface area contributed by atoms with Crippen LogP contribution in [0.25, 0.3) is 5.76 Å². The topological polar surface area (TPSA) is 79.7 Å². The highest BCUT2D eigenvalue weighted by Crippen LogP contribution is 2.41. The van der Waals surface area contributed by atoms with E-state index in [1.807, 2.05) is 6.92 Å². The Balaban J connectivity index is 1.87. The molecular formula is C26H23FN2O4. The van der Waals surface area contributed by atoms with E-state index in [0.717, 1.165) is 5.56 Å². The summed E-state index contributed by atoms with van der Waals surface area (Å²) in [4.78, 5) is 31.8. The van der Waals surface area contributed by atoms with Crippen LogP contribution in [0.3, 0.4) is 0 Å². The number of pyridine rings is 1. The molecule has 1 saturated heterocycles. The molecule has 1 atom stereocenters. The van der Waals surface area contributed by atoms with E-state index < -0.39 is 23.5 Å². The molecule has 0 saturated carbocycles. The lowest BCUT2D eigenvalue weighted by atomic mass is 9.93. The zero-order valence-electron chi connectivity index (χ0n) is 18.5. The Hall–Kier alpha value is -4.00. The number of carbonyl (C=O) groups excluding carboxylic acids is 2. The van der Waals surface area contributed by atoms with Gasteiger partial charge in [-0.1, -0.05) is 18.2 Å². The van der Waals surface area contributed by atoms with Gasteiger partial charge in [0.05, 0.1) is 18.7 Å². The van der Waals surface area contributed by atoms with Crippen LogP contribution in [0.1, 0.15) is 33.9 Å². The fraction of sp³-hybridized carbons (Fsp3) is 0.192. The second-order valence-corrected chi connectivity index (χ2v) is 7.98. The van der Waals surface area contributed by atoms with E-state index in [9.17, 15) is 19.1 Å². The van der Waals surface area contributed by atoms with Gasteiger partial charge in [0.15, 0.2) is 0 Å². The second kappa shape index (κ2) is 8.86. The normalized spacial score (nSPS) is 17.5. The number of likely N-dealkylation sites (tertiary alicyclic amines) is 1. The number of aryl methyl sites for hydroxylation is 2. The lowest BCUT2D eigenvalue weighted by Gasteiger charge is -2.25. The molecule has 1 N–H and O–H groups in total. The number of carbonyl (C=O) groups is 2. The Morgan fingerprint density at radius 1 is 1.12 bits per heavy atom. The molecule has 0 bridgehead atoms. The SMILES string of the molecule is COc1cc(C)c(/C(O)=C2\C(=O)C(=O)N(Cc3ccc(F)cc3)C2c2cccnc2)cc1C. The van der Waals surface area contributed by atoms with Crippen LogP contribution in [-0.2, 0) is 16.1 Å². The van der Waals surface area contributed by atoms with Gasteiger partial charge in [-0.05, 0) is 66.4 Å². The third kappa shape index (κ3) is 4.09. The van der Waals surface area contributed by atoms with Crippen molar-refractivity contribution < 1.29 is 23.8 Å². The number of amides is 1. The molecule has 6 nitrogen and oxygen atoms in total. The predicted molar refractivity (Wildman–Crippen MR) is 121 cm³/mol. The first-order valence-electron chi connectivity index (χ1n) is 10.4. The van der Waals surface area contributed by atoms with E-state index >= 15 is 0 Å². The van der Waals surface area contributed by atoms with Crippen LogP contribution in [0.4, 0.5) is 4.39 Å². The molecular weight excluding hydrogens is 423 g/mol. The minimum atomic E-state index is -0.842. The second-order valence-electron chi connectivity index (χ2n) is 7.98. The number of nitrogens with zero attached hydrogens (tertiary/aromatic N) is 2. The Bertz CT molecular complexity index is 1250. The largest absolute Gasteiger partial charge is 0.507 e. The molecule has 1 aliphatic heterocycles. The molecule has 168 valence electrons. The van der Waals surface area contributed by atoms with Gasteiger partial charge < -0.3 is 14.7 Å². The van der Waals surface area contributed by atoms with Crippen LogP contribution in [-0.4, -0.2) is 33.8 Å². The standard InChI is InChI=1S/C26H23FN2O4/c1-15-12-21(33-3)16(2)11-20(15)24(30)22-23(18-5-4-10-28-13-18)29(26(32)25(22)31)14-17-6-8-19(27)9-7-17/h4-13,23,30H,14H2,1-3H3/b24-22+. The number of hydrogen-bond donors (Lipinski definition) is 1. The number of ether oxygens (including phenoxy) is 1. The summed E-state index contributed by atoms with van der Waals surface area (Å²) in [6.07, 6.45) is 3.15. The van der Waals surface area contributed by atoms with Crippen molar-refractivity contribution in [3.05, 3.63) is 100 Å². The van der Waals surface area contributed by atoms with E-state index in [1.165, 1.54) is 17.0 Å². The number of halogens is 1. The molecule has 1 aliphatic rings. The van der Waals surface area contributed by atoms with Gasteiger partial charge in [-0.15, -0.1) is 0 Å². The molecule has 33 heavy (non-hydrogen) atoms. The summed E-state index contributed by atoms with van der Waals surface area (Å²) >= 11 is 0. The van der Waals surface area contributed by atoms with E-state index in [2.05, 4.69) is 4.98 Å². The van der Waals surface area contributed by atoms with Crippen molar-refractivity contribution in [1.82, 2.24) is 9.88 Å². The number of hydrogen-bond acceptors (Lipinski definition) is 5. The first kappa shape index (κ1) is 22.2. The summed E-state index contributed by atoms with van der Waals surface area (Å²) in [6.45, 7) is 3.70. The third-order valence-electron chi connectivity index (χ3n) is 5.80. The van der Waals surface area contributed by atoms with Crippen LogP contribution in [0.2, 0.25) is 0 Å². The summed E-state index contributed by atoms with van der Waals surface area (Å²) in [5.74, 6) is -1.51. The van der Waals surface area contributed by atoms with Gasteiger partial charge in [0, 0.05) is 24.5 Å². The molecule has 0 aliphatic carbocycles. The highest BCUT2D eigenvalue weighted by atomic mass is 19.1. The van der Waals surface area contributed by atoms with Crippen molar-refractivity contribution >= 4 is 17.4 Å². The summed E-state index contributed by atoms with van der Waals surface area (Å²) in [7, 11) is 1.56. The highest BCUT2D eigenvalue weighted by Gasteiger charge is 2.46. The number of aromatic nitrogens is 1. The van der Waals surface area contributed by atoms with Gasteiger partial charge in [0.2, 0.25) is 0 Å². The van der Waals surface area contributed by atoms with Crippen LogP contribution in [0.15, 0.2) is 66.5 Å². The zero-order chi connectivity index (χ0) is 23.7. The van der Waals surface area contributed by atoms with Crippen molar-refractivity contribution in [3.8, 4) is 5.75 Å². The third-order valence-corrected chi connectivity index (χ3v) is 5.80. The fourth-order valence-electron chi connectivity index (χ4n) is 4.12. The number of Topliss-reactive ketones (excluding diaryl/α,β-unsaturated/α-hetero) is 1. The lowest BCUT2D eigenvalue weighted by molar-refractivity contribution is -0.140.